The maximum Gasteiger partial charge on any atom is 0.306 e. The Balaban J connectivity index is 1.35. The van der Waals surface area contributed by atoms with Crippen LogP contribution in [0.15, 0.2) is 58.2 Å². The summed E-state index contributed by atoms with van der Waals surface area (Å²) in [7, 11) is -4.16. The third-order valence-electron chi connectivity index (χ3n) is 7.95. The third kappa shape index (κ3) is 5.35. The predicted octanol–water partition coefficient (Wildman–Crippen LogP) is 4.13. The first-order valence-electron chi connectivity index (χ1n) is 13.5. The van der Waals surface area contributed by atoms with E-state index in [-0.39, 0.29) is 55.9 Å². The molecule has 226 valence electrons. The van der Waals surface area contributed by atoms with Gasteiger partial charge in [0, 0.05) is 60.0 Å². The van der Waals surface area contributed by atoms with Gasteiger partial charge in [-0.3, -0.25) is 19.0 Å². The number of benzene rings is 2. The second-order valence-electron chi connectivity index (χ2n) is 10.8. The molecule has 2 atom stereocenters. The summed E-state index contributed by atoms with van der Waals surface area (Å²) in [4.78, 5) is 45.8. The van der Waals surface area contributed by atoms with E-state index in [9.17, 15) is 22.8 Å². The van der Waals surface area contributed by atoms with Crippen LogP contribution in [0.2, 0.25) is 10.0 Å². The lowest BCUT2D eigenvalue weighted by atomic mass is 9.92. The molecular formula is C28H26BrCl2N5O6S. The number of aromatic nitrogens is 2. The third-order valence-corrected chi connectivity index (χ3v) is 10.8. The highest BCUT2D eigenvalue weighted by Crippen LogP contribution is 2.45. The molecule has 11 nitrogen and oxygen atoms in total. The molecule has 0 unspecified atom stereocenters. The molecule has 2 saturated heterocycles. The van der Waals surface area contributed by atoms with Gasteiger partial charge >= 0.3 is 5.97 Å². The Kier molecular flexibility index (Phi) is 7.82. The number of imidazole rings is 1. The number of fused-ring (bicyclic) bond motifs is 1. The minimum atomic E-state index is -4.16. The average Bonchev–Trinajstić information content (AvgIpc) is 3.65. The molecular weight excluding hydrogens is 685 g/mol. The second-order valence-corrected chi connectivity index (χ2v) is 14.5. The number of nitrogens with zero attached hydrogens (tertiary/aromatic N) is 5. The van der Waals surface area contributed by atoms with E-state index < -0.39 is 33.5 Å². The highest BCUT2D eigenvalue weighted by atomic mass is 79.9. The van der Waals surface area contributed by atoms with Gasteiger partial charge in [0.2, 0.25) is 5.95 Å². The van der Waals surface area contributed by atoms with Crippen molar-refractivity contribution in [3.05, 3.63) is 68.7 Å². The SMILES string of the molecule is C[C@@]1(Cc2ccc(Br)cc2)C(=O)N(c2cc(Cl)cc(Cl)c2)c2ncc(S(=O)(=O)N3CCN(C(=O)[C@H]4CCC(=O)O4)CC3)n21. The monoisotopic (exact) mass is 709 g/mol. The van der Waals surface area contributed by atoms with E-state index >= 15 is 0 Å². The zero-order valence-electron chi connectivity index (χ0n) is 22.9. The molecule has 2 amide bonds. The van der Waals surface area contributed by atoms with Crippen molar-refractivity contribution in [2.45, 2.75) is 42.9 Å². The van der Waals surface area contributed by atoms with Crippen molar-refractivity contribution >= 4 is 78.6 Å². The molecule has 0 bridgehead atoms. The molecule has 0 N–H and O–H groups in total. The highest BCUT2D eigenvalue weighted by Gasteiger charge is 2.52. The van der Waals surface area contributed by atoms with E-state index in [0.717, 1.165) is 10.0 Å². The molecule has 2 aromatic carbocycles. The number of sulfonamides is 1. The topological polar surface area (TPSA) is 122 Å². The van der Waals surface area contributed by atoms with Gasteiger partial charge in [-0.25, -0.2) is 18.3 Å². The van der Waals surface area contributed by atoms with Gasteiger partial charge in [0.1, 0.15) is 5.54 Å². The largest absolute Gasteiger partial charge is 0.452 e. The van der Waals surface area contributed by atoms with Crippen LogP contribution in [0.25, 0.3) is 0 Å². The van der Waals surface area contributed by atoms with E-state index in [2.05, 4.69) is 20.9 Å². The van der Waals surface area contributed by atoms with Crippen molar-refractivity contribution in [3.63, 3.8) is 0 Å². The number of hydrogen-bond donors (Lipinski definition) is 0. The fourth-order valence-corrected chi connectivity index (χ4v) is 8.18. The molecule has 6 rings (SSSR count). The van der Waals surface area contributed by atoms with Crippen molar-refractivity contribution in [1.29, 1.82) is 0 Å². The number of carbonyl (C=O) groups is 3. The fourth-order valence-electron chi connectivity index (χ4n) is 5.80. The molecule has 3 aliphatic rings. The van der Waals surface area contributed by atoms with Gasteiger partial charge in [-0.2, -0.15) is 4.31 Å². The van der Waals surface area contributed by atoms with Crippen LogP contribution in [0, 0.1) is 0 Å². The van der Waals surface area contributed by atoms with E-state index in [0.29, 0.717) is 22.2 Å². The Hall–Kier alpha value is -2.97. The molecule has 15 heteroatoms. The molecule has 4 heterocycles. The lowest BCUT2D eigenvalue weighted by molar-refractivity contribution is -0.153. The maximum atomic E-state index is 14.2. The first-order valence-corrected chi connectivity index (χ1v) is 16.5. The van der Waals surface area contributed by atoms with Gasteiger partial charge in [-0.05, 0) is 42.8 Å². The number of carbonyl (C=O) groups excluding carboxylic acids is 3. The van der Waals surface area contributed by atoms with Gasteiger partial charge in [-0.1, -0.05) is 51.3 Å². The Labute approximate surface area is 266 Å². The van der Waals surface area contributed by atoms with Crippen LogP contribution in [-0.2, 0) is 41.1 Å². The van der Waals surface area contributed by atoms with Crippen LogP contribution in [-0.4, -0.2) is 77.2 Å². The number of ether oxygens (including phenoxy) is 1. The Morgan fingerprint density at radius 1 is 1.07 bits per heavy atom. The molecule has 2 fully saturated rings. The summed E-state index contributed by atoms with van der Waals surface area (Å²) in [6.07, 6.45) is 1.11. The zero-order chi connectivity index (χ0) is 30.7. The summed E-state index contributed by atoms with van der Waals surface area (Å²) in [5.74, 6) is -1.01. The molecule has 0 radical (unpaired) electrons. The van der Waals surface area contributed by atoms with E-state index in [1.54, 1.807) is 19.1 Å². The highest BCUT2D eigenvalue weighted by molar-refractivity contribution is 9.10. The zero-order valence-corrected chi connectivity index (χ0v) is 26.8. The van der Waals surface area contributed by atoms with Crippen LogP contribution < -0.4 is 4.90 Å². The molecule has 0 aliphatic carbocycles. The van der Waals surface area contributed by atoms with Crippen molar-refractivity contribution in [1.82, 2.24) is 18.8 Å². The normalized spacial score (nSPS) is 22.7. The number of piperazine rings is 1. The summed E-state index contributed by atoms with van der Waals surface area (Å²) in [5, 5.41) is 0.473. The van der Waals surface area contributed by atoms with Crippen molar-refractivity contribution in [2.24, 2.45) is 0 Å². The van der Waals surface area contributed by atoms with Gasteiger partial charge in [0.15, 0.2) is 11.1 Å². The van der Waals surface area contributed by atoms with Crippen LogP contribution in [0.1, 0.15) is 25.3 Å². The van der Waals surface area contributed by atoms with Crippen molar-refractivity contribution in [3.8, 4) is 0 Å². The van der Waals surface area contributed by atoms with E-state index in [4.69, 9.17) is 27.9 Å². The van der Waals surface area contributed by atoms with Crippen LogP contribution >= 0.6 is 39.1 Å². The Bertz CT molecular complexity index is 1720. The maximum absolute atomic E-state index is 14.2. The lowest BCUT2D eigenvalue weighted by Crippen LogP contribution is -2.53. The molecule has 43 heavy (non-hydrogen) atoms. The van der Waals surface area contributed by atoms with E-state index in [1.807, 2.05) is 24.3 Å². The van der Waals surface area contributed by atoms with Crippen molar-refractivity contribution in [2.75, 3.05) is 31.1 Å². The second kappa shape index (κ2) is 11.2. The van der Waals surface area contributed by atoms with Crippen LogP contribution in [0.3, 0.4) is 0 Å². The van der Waals surface area contributed by atoms with Crippen LogP contribution in [0.5, 0.6) is 0 Å². The summed E-state index contributed by atoms with van der Waals surface area (Å²) >= 11 is 16.0. The smallest absolute Gasteiger partial charge is 0.306 e. The number of cyclic esters (lactones) is 1. The lowest BCUT2D eigenvalue weighted by Gasteiger charge is -2.35. The molecule has 3 aromatic rings. The summed E-state index contributed by atoms with van der Waals surface area (Å²) in [6, 6.07) is 12.1. The molecule has 1 aromatic heterocycles. The van der Waals surface area contributed by atoms with Crippen LogP contribution in [0.4, 0.5) is 11.6 Å². The minimum absolute atomic E-state index is 0.0280. The number of rotatable bonds is 6. The number of anilines is 2. The van der Waals surface area contributed by atoms with Gasteiger partial charge in [0.25, 0.3) is 21.8 Å². The molecule has 0 saturated carbocycles. The average molecular weight is 711 g/mol. The standard InChI is InChI=1S/C28H26BrCl2N5O6S/c1-28(15-17-2-4-18(29)5-3-17)26(39)35(21-13-19(30)12-20(31)14-21)27-32-16-23(36(27)28)43(40,41)34-10-8-33(9-11-34)25(38)22-6-7-24(37)42-22/h2-5,12-14,16,22H,6-11,15H2,1H3/t22-,28-/m1/s1. The number of esters is 1. The van der Waals surface area contributed by atoms with E-state index in [1.165, 1.54) is 30.9 Å². The first kappa shape index (κ1) is 30.1. The minimum Gasteiger partial charge on any atom is -0.452 e. The van der Waals surface area contributed by atoms with Gasteiger partial charge < -0.3 is 9.64 Å². The quantitative estimate of drug-likeness (QED) is 0.353. The summed E-state index contributed by atoms with van der Waals surface area (Å²) in [5.41, 5.74) is -0.202. The Morgan fingerprint density at radius 2 is 1.72 bits per heavy atom. The summed E-state index contributed by atoms with van der Waals surface area (Å²) in [6.45, 7) is 2.01. The van der Waals surface area contributed by atoms with Gasteiger partial charge in [0.05, 0.1) is 11.9 Å². The first-order chi connectivity index (χ1) is 20.4. The number of halogens is 3. The van der Waals surface area contributed by atoms with Gasteiger partial charge in [-0.15, -0.1) is 0 Å². The Morgan fingerprint density at radius 3 is 2.33 bits per heavy atom. The summed E-state index contributed by atoms with van der Waals surface area (Å²) < 4.78 is 37.0. The molecule has 3 aliphatic heterocycles. The number of amides is 2. The predicted molar refractivity (Wildman–Crippen MR) is 162 cm³/mol. The fraction of sp³-hybridized carbons (Fsp3) is 0.357. The molecule has 0 spiro atoms. The number of hydrogen-bond acceptors (Lipinski definition) is 7. The van der Waals surface area contributed by atoms with Crippen molar-refractivity contribution < 1.29 is 27.5 Å².